The average Bonchev–Trinajstić information content (AvgIpc) is 2.36. The minimum absolute atomic E-state index is 0.0474. The van der Waals surface area contributed by atoms with E-state index in [2.05, 4.69) is 0 Å². The number of benzene rings is 1. The van der Waals surface area contributed by atoms with Gasteiger partial charge >= 0.3 is 5.97 Å². The van der Waals surface area contributed by atoms with Crippen molar-refractivity contribution in [3.05, 3.63) is 63.5 Å². The van der Waals surface area contributed by atoms with Crippen LogP contribution < -0.4 is 10.2 Å². The Hall–Kier alpha value is -2.36. The molecule has 0 aliphatic carbocycles. The van der Waals surface area contributed by atoms with Crippen LogP contribution in [0.25, 0.3) is 0 Å². The van der Waals surface area contributed by atoms with E-state index in [1.54, 1.807) is 44.2 Å². The van der Waals surface area contributed by atoms with Crippen LogP contribution in [0.3, 0.4) is 0 Å². The van der Waals surface area contributed by atoms with Crippen molar-refractivity contribution in [1.29, 1.82) is 0 Å². The molecule has 18 heavy (non-hydrogen) atoms. The van der Waals surface area contributed by atoms with Gasteiger partial charge < -0.3 is 9.15 Å². The summed E-state index contributed by atoms with van der Waals surface area (Å²) < 4.78 is 10.3. The molecule has 0 unspecified atom stereocenters. The van der Waals surface area contributed by atoms with Gasteiger partial charge in [-0.15, -0.1) is 0 Å². The number of ether oxygens (including phenoxy) is 1. The van der Waals surface area contributed by atoms with Crippen molar-refractivity contribution in [2.24, 2.45) is 0 Å². The number of carbonyl (C=O) groups excluding carboxylic acids is 1. The predicted molar refractivity (Wildman–Crippen MR) is 65.9 cm³/mol. The maximum atomic E-state index is 11.8. The molecule has 0 radical (unpaired) electrons. The highest BCUT2D eigenvalue weighted by molar-refractivity contribution is 5.90. The van der Waals surface area contributed by atoms with Gasteiger partial charge in [-0.2, -0.15) is 0 Å². The third-order valence-corrected chi connectivity index (χ3v) is 2.46. The lowest BCUT2D eigenvalue weighted by Crippen LogP contribution is -2.13. The summed E-state index contributed by atoms with van der Waals surface area (Å²) in [6.07, 6.45) is 0. The second-order valence-electron chi connectivity index (χ2n) is 3.89. The van der Waals surface area contributed by atoms with Crippen LogP contribution in [0, 0.1) is 13.8 Å². The fourth-order valence-corrected chi connectivity index (χ4v) is 1.46. The SMILES string of the molecule is Cc1cc(=O)c(C)c(OC(=O)c2ccccc2)o1. The van der Waals surface area contributed by atoms with Crippen LogP contribution in [0.2, 0.25) is 0 Å². The molecule has 0 saturated carbocycles. The summed E-state index contributed by atoms with van der Waals surface area (Å²) in [6.45, 7) is 3.18. The molecule has 2 rings (SSSR count). The molecule has 0 fully saturated rings. The zero-order valence-corrected chi connectivity index (χ0v) is 10.1. The number of carbonyl (C=O) groups is 1. The maximum absolute atomic E-state index is 11.8. The van der Waals surface area contributed by atoms with Gasteiger partial charge in [0.25, 0.3) is 5.95 Å². The molecule has 1 aromatic heterocycles. The van der Waals surface area contributed by atoms with E-state index >= 15 is 0 Å². The Morgan fingerprint density at radius 2 is 1.83 bits per heavy atom. The van der Waals surface area contributed by atoms with Crippen molar-refractivity contribution in [3.63, 3.8) is 0 Å². The van der Waals surface area contributed by atoms with Gasteiger partial charge in [0.2, 0.25) is 0 Å². The number of aryl methyl sites for hydroxylation is 1. The lowest BCUT2D eigenvalue weighted by molar-refractivity contribution is 0.0686. The van der Waals surface area contributed by atoms with Crippen molar-refractivity contribution >= 4 is 5.97 Å². The van der Waals surface area contributed by atoms with Gasteiger partial charge in [0, 0.05) is 6.07 Å². The number of rotatable bonds is 2. The van der Waals surface area contributed by atoms with E-state index in [9.17, 15) is 9.59 Å². The third-order valence-electron chi connectivity index (χ3n) is 2.46. The summed E-state index contributed by atoms with van der Waals surface area (Å²) in [6, 6.07) is 9.88. The molecule has 0 bridgehead atoms. The molecule has 0 N–H and O–H groups in total. The second kappa shape index (κ2) is 4.87. The lowest BCUT2D eigenvalue weighted by atomic mass is 10.2. The van der Waals surface area contributed by atoms with E-state index in [1.165, 1.54) is 6.07 Å². The van der Waals surface area contributed by atoms with Crippen molar-refractivity contribution in [2.75, 3.05) is 0 Å². The number of esters is 1. The smallest absolute Gasteiger partial charge is 0.345 e. The molecule has 2 aromatic rings. The second-order valence-corrected chi connectivity index (χ2v) is 3.89. The molecule has 0 aliphatic heterocycles. The largest absolute Gasteiger partial charge is 0.430 e. The Bertz CT molecular complexity index is 626. The third kappa shape index (κ3) is 2.48. The molecular weight excluding hydrogens is 232 g/mol. The van der Waals surface area contributed by atoms with Crippen molar-refractivity contribution in [1.82, 2.24) is 0 Å². The van der Waals surface area contributed by atoms with Crippen molar-refractivity contribution in [3.8, 4) is 5.95 Å². The summed E-state index contributed by atoms with van der Waals surface area (Å²) in [5.74, 6) is -0.192. The van der Waals surface area contributed by atoms with Crippen LogP contribution in [-0.2, 0) is 0 Å². The van der Waals surface area contributed by atoms with E-state index in [0.717, 1.165) is 0 Å². The summed E-state index contributed by atoms with van der Waals surface area (Å²) in [5, 5.41) is 0. The van der Waals surface area contributed by atoms with Crippen molar-refractivity contribution in [2.45, 2.75) is 13.8 Å². The Kier molecular flexibility index (Phi) is 3.28. The summed E-state index contributed by atoms with van der Waals surface area (Å²) in [4.78, 5) is 23.3. The number of hydrogen-bond acceptors (Lipinski definition) is 4. The first kappa shape index (κ1) is 12.1. The normalized spacial score (nSPS) is 10.1. The molecule has 4 heteroatoms. The highest BCUT2D eigenvalue weighted by Crippen LogP contribution is 2.17. The average molecular weight is 244 g/mol. The summed E-state index contributed by atoms with van der Waals surface area (Å²) in [7, 11) is 0. The fraction of sp³-hybridized carbons (Fsp3) is 0.143. The quantitative estimate of drug-likeness (QED) is 0.761. The molecule has 4 nitrogen and oxygen atoms in total. The minimum Gasteiger partial charge on any atom is -0.430 e. The van der Waals surface area contributed by atoms with Gasteiger partial charge in [-0.25, -0.2) is 4.79 Å². The number of hydrogen-bond donors (Lipinski definition) is 0. The van der Waals surface area contributed by atoms with Crippen LogP contribution in [0.1, 0.15) is 21.7 Å². The van der Waals surface area contributed by atoms with Gasteiger partial charge in [-0.1, -0.05) is 18.2 Å². The first-order chi connectivity index (χ1) is 8.58. The van der Waals surface area contributed by atoms with Crippen molar-refractivity contribution < 1.29 is 13.9 Å². The predicted octanol–water partition coefficient (Wildman–Crippen LogP) is 2.48. The first-order valence-electron chi connectivity index (χ1n) is 5.46. The van der Waals surface area contributed by atoms with Crippen LogP contribution >= 0.6 is 0 Å². The highest BCUT2D eigenvalue weighted by Gasteiger charge is 2.14. The molecule has 92 valence electrons. The van der Waals surface area contributed by atoms with Crippen LogP contribution in [0.5, 0.6) is 5.95 Å². The van der Waals surface area contributed by atoms with Crippen LogP contribution in [0.4, 0.5) is 0 Å². The first-order valence-corrected chi connectivity index (χ1v) is 5.46. The van der Waals surface area contributed by atoms with E-state index in [4.69, 9.17) is 9.15 Å². The minimum atomic E-state index is -0.549. The zero-order chi connectivity index (χ0) is 13.1. The molecule has 0 atom stereocenters. The molecule has 0 spiro atoms. The highest BCUT2D eigenvalue weighted by atomic mass is 16.6. The lowest BCUT2D eigenvalue weighted by Gasteiger charge is -2.06. The Balaban J connectivity index is 2.30. The fourth-order valence-electron chi connectivity index (χ4n) is 1.46. The molecule has 1 heterocycles. The standard InChI is InChI=1S/C14H12O4/c1-9-8-12(15)10(2)14(17-9)18-13(16)11-6-4-3-5-7-11/h3-8H,1-2H3. The van der Waals surface area contributed by atoms with E-state index in [1.807, 2.05) is 0 Å². The molecule has 0 saturated heterocycles. The Morgan fingerprint density at radius 3 is 2.50 bits per heavy atom. The van der Waals surface area contributed by atoms with E-state index < -0.39 is 5.97 Å². The molecule has 0 amide bonds. The van der Waals surface area contributed by atoms with E-state index in [0.29, 0.717) is 11.3 Å². The molecule has 1 aromatic carbocycles. The Morgan fingerprint density at radius 1 is 1.17 bits per heavy atom. The topological polar surface area (TPSA) is 56.5 Å². The van der Waals surface area contributed by atoms with Crippen LogP contribution in [-0.4, -0.2) is 5.97 Å². The van der Waals surface area contributed by atoms with E-state index in [-0.39, 0.29) is 16.9 Å². The molecular formula is C14H12O4. The van der Waals surface area contributed by atoms with Gasteiger partial charge in [-0.05, 0) is 26.0 Å². The van der Waals surface area contributed by atoms with Gasteiger partial charge in [0.05, 0.1) is 11.1 Å². The summed E-state index contributed by atoms with van der Waals surface area (Å²) >= 11 is 0. The van der Waals surface area contributed by atoms with Gasteiger partial charge in [0.15, 0.2) is 5.43 Å². The zero-order valence-electron chi connectivity index (χ0n) is 10.1. The summed E-state index contributed by atoms with van der Waals surface area (Å²) in [5.41, 5.74) is 0.473. The Labute approximate surface area is 104 Å². The van der Waals surface area contributed by atoms with Gasteiger partial charge in [0.1, 0.15) is 5.76 Å². The molecule has 0 aliphatic rings. The monoisotopic (exact) mass is 244 g/mol. The van der Waals surface area contributed by atoms with Gasteiger partial charge in [-0.3, -0.25) is 4.79 Å². The maximum Gasteiger partial charge on any atom is 0.345 e. The van der Waals surface area contributed by atoms with Crippen LogP contribution in [0.15, 0.2) is 45.6 Å².